The number of halogens is 1. The highest BCUT2D eigenvalue weighted by Gasteiger charge is 2.09. The molecule has 0 radical (unpaired) electrons. The number of ether oxygens (including phenoxy) is 2. The van der Waals surface area contributed by atoms with Gasteiger partial charge < -0.3 is 15.2 Å². The molecule has 2 aromatic rings. The van der Waals surface area contributed by atoms with Gasteiger partial charge in [0, 0.05) is 6.07 Å². The zero-order valence-corrected chi connectivity index (χ0v) is 11.3. The molecule has 0 bridgehead atoms. The van der Waals surface area contributed by atoms with Crippen LogP contribution >= 0.6 is 0 Å². The van der Waals surface area contributed by atoms with Crippen LogP contribution in [0.3, 0.4) is 0 Å². The smallest absolute Gasteiger partial charge is 0.330 e. The van der Waals surface area contributed by atoms with E-state index in [0.29, 0.717) is 12.2 Å². The van der Waals surface area contributed by atoms with Crippen LogP contribution in [0.25, 0.3) is 0 Å². The van der Waals surface area contributed by atoms with Crippen molar-refractivity contribution in [1.29, 1.82) is 0 Å². The van der Waals surface area contributed by atoms with Crippen LogP contribution < -0.4 is 15.2 Å². The Morgan fingerprint density at radius 2 is 1.95 bits per heavy atom. The van der Waals surface area contributed by atoms with Crippen LogP contribution in [0.4, 0.5) is 10.3 Å². The lowest BCUT2D eigenvalue weighted by molar-refractivity contribution is 0.285. The molecule has 20 heavy (non-hydrogen) atoms. The summed E-state index contributed by atoms with van der Waals surface area (Å²) in [6.07, 6.45) is 0.810. The second kappa shape index (κ2) is 6.14. The molecule has 1 aromatic carbocycles. The van der Waals surface area contributed by atoms with Gasteiger partial charge in [-0.05, 0) is 25.0 Å². The Kier molecular flexibility index (Phi) is 4.29. The molecule has 1 heterocycles. The lowest BCUT2D eigenvalue weighted by Gasteiger charge is -2.07. The van der Waals surface area contributed by atoms with E-state index in [-0.39, 0.29) is 29.5 Å². The summed E-state index contributed by atoms with van der Waals surface area (Å²) < 4.78 is 24.0. The van der Waals surface area contributed by atoms with Crippen LogP contribution in [-0.4, -0.2) is 21.6 Å². The monoisotopic (exact) mass is 278 g/mol. The predicted molar refractivity (Wildman–Crippen MR) is 71.2 cm³/mol. The molecule has 1 aromatic heterocycles. The summed E-state index contributed by atoms with van der Waals surface area (Å²) in [7, 11) is 0. The number of anilines is 1. The number of aromatic nitrogens is 3. The Morgan fingerprint density at radius 1 is 1.20 bits per heavy atom. The highest BCUT2D eigenvalue weighted by atomic mass is 19.1. The molecule has 2 N–H and O–H groups in total. The molecule has 0 amide bonds. The molecule has 0 aliphatic heterocycles. The normalized spacial score (nSPS) is 10.3. The minimum Gasteiger partial charge on any atom is -0.463 e. The van der Waals surface area contributed by atoms with Crippen molar-refractivity contribution < 1.29 is 13.9 Å². The summed E-state index contributed by atoms with van der Waals surface area (Å²) in [5.41, 5.74) is 6.07. The van der Waals surface area contributed by atoms with Gasteiger partial charge in [0.25, 0.3) is 0 Å². The van der Waals surface area contributed by atoms with Gasteiger partial charge in [0.1, 0.15) is 11.6 Å². The topological polar surface area (TPSA) is 83.2 Å². The van der Waals surface area contributed by atoms with Crippen molar-refractivity contribution in [2.75, 3.05) is 12.3 Å². The van der Waals surface area contributed by atoms with Gasteiger partial charge in [-0.2, -0.15) is 9.97 Å². The van der Waals surface area contributed by atoms with Gasteiger partial charge in [-0.3, -0.25) is 0 Å². The second-order valence-electron chi connectivity index (χ2n) is 4.12. The highest BCUT2D eigenvalue weighted by Crippen LogP contribution is 2.22. The van der Waals surface area contributed by atoms with Crippen LogP contribution in [0, 0.1) is 12.7 Å². The zero-order chi connectivity index (χ0) is 14.5. The van der Waals surface area contributed by atoms with E-state index in [2.05, 4.69) is 15.0 Å². The van der Waals surface area contributed by atoms with E-state index in [4.69, 9.17) is 15.2 Å². The fraction of sp³-hybridized carbons (Fsp3) is 0.308. The predicted octanol–water partition coefficient (Wildman–Crippen LogP) is 2.48. The highest BCUT2D eigenvalue weighted by molar-refractivity contribution is 5.31. The van der Waals surface area contributed by atoms with Crippen LogP contribution in [0.1, 0.15) is 18.9 Å². The SMILES string of the molecule is CCCOc1nc(N)nc(Oc2ccc(C)c(F)c2)n1. The van der Waals surface area contributed by atoms with Crippen LogP contribution in [0.2, 0.25) is 0 Å². The van der Waals surface area contributed by atoms with Gasteiger partial charge in [-0.1, -0.05) is 13.0 Å². The van der Waals surface area contributed by atoms with Crippen molar-refractivity contribution in [3.63, 3.8) is 0 Å². The Morgan fingerprint density at radius 3 is 2.65 bits per heavy atom. The molecule has 0 aliphatic carbocycles. The number of nitrogens with two attached hydrogens (primary N) is 1. The molecule has 2 rings (SSSR count). The molecule has 0 fully saturated rings. The third-order valence-corrected chi connectivity index (χ3v) is 2.40. The van der Waals surface area contributed by atoms with E-state index in [0.717, 1.165) is 6.42 Å². The summed E-state index contributed by atoms with van der Waals surface area (Å²) in [5.74, 6) is -0.110. The number of hydrogen-bond donors (Lipinski definition) is 1. The minimum atomic E-state index is -0.369. The van der Waals surface area contributed by atoms with Crippen molar-refractivity contribution in [3.8, 4) is 17.8 Å². The fourth-order valence-electron chi connectivity index (χ4n) is 1.40. The number of benzene rings is 1. The van der Waals surface area contributed by atoms with Crippen LogP contribution in [0.5, 0.6) is 17.8 Å². The maximum absolute atomic E-state index is 13.4. The van der Waals surface area contributed by atoms with Crippen LogP contribution in [0.15, 0.2) is 18.2 Å². The first-order chi connectivity index (χ1) is 9.58. The van der Waals surface area contributed by atoms with Gasteiger partial charge in [0.05, 0.1) is 6.61 Å². The standard InChI is InChI=1S/C13H15FN4O2/c1-3-6-19-12-16-11(15)17-13(18-12)20-9-5-4-8(2)10(14)7-9/h4-5,7H,3,6H2,1-2H3,(H2,15,16,17,18). The van der Waals surface area contributed by atoms with E-state index >= 15 is 0 Å². The maximum atomic E-state index is 13.4. The van der Waals surface area contributed by atoms with Crippen molar-refractivity contribution in [2.45, 2.75) is 20.3 Å². The summed E-state index contributed by atoms with van der Waals surface area (Å²) in [4.78, 5) is 11.6. The first-order valence-corrected chi connectivity index (χ1v) is 6.17. The Labute approximate surface area is 115 Å². The van der Waals surface area contributed by atoms with Gasteiger partial charge in [0.2, 0.25) is 5.95 Å². The molecule has 0 spiro atoms. The third kappa shape index (κ3) is 3.53. The summed E-state index contributed by atoms with van der Waals surface area (Å²) in [6.45, 7) is 4.08. The molecule has 0 saturated carbocycles. The lowest BCUT2D eigenvalue weighted by Crippen LogP contribution is -2.05. The van der Waals surface area contributed by atoms with Crippen molar-refractivity contribution in [1.82, 2.24) is 15.0 Å². The van der Waals surface area contributed by atoms with E-state index in [1.54, 1.807) is 19.1 Å². The Hall–Kier alpha value is -2.44. The second-order valence-corrected chi connectivity index (χ2v) is 4.12. The van der Waals surface area contributed by atoms with E-state index in [1.165, 1.54) is 6.07 Å². The molecule has 7 heteroatoms. The maximum Gasteiger partial charge on any atom is 0.330 e. The fourth-order valence-corrected chi connectivity index (χ4v) is 1.40. The van der Waals surface area contributed by atoms with Crippen molar-refractivity contribution in [2.24, 2.45) is 0 Å². The minimum absolute atomic E-state index is 0.0197. The van der Waals surface area contributed by atoms with Gasteiger partial charge >= 0.3 is 12.0 Å². The molecule has 6 nitrogen and oxygen atoms in total. The quantitative estimate of drug-likeness (QED) is 0.904. The molecular weight excluding hydrogens is 263 g/mol. The zero-order valence-electron chi connectivity index (χ0n) is 11.3. The average Bonchev–Trinajstić information content (AvgIpc) is 2.40. The first kappa shape index (κ1) is 14.0. The van der Waals surface area contributed by atoms with Gasteiger partial charge in [0.15, 0.2) is 0 Å². The van der Waals surface area contributed by atoms with Gasteiger partial charge in [-0.25, -0.2) is 4.39 Å². The Bertz CT molecular complexity index is 607. The summed E-state index contributed by atoms with van der Waals surface area (Å²) >= 11 is 0. The van der Waals surface area contributed by atoms with Crippen molar-refractivity contribution >= 4 is 5.95 Å². The largest absolute Gasteiger partial charge is 0.463 e. The van der Waals surface area contributed by atoms with E-state index in [1.807, 2.05) is 6.92 Å². The number of rotatable bonds is 5. The third-order valence-electron chi connectivity index (χ3n) is 2.40. The van der Waals surface area contributed by atoms with Gasteiger partial charge in [-0.15, -0.1) is 4.98 Å². The molecule has 106 valence electrons. The first-order valence-electron chi connectivity index (χ1n) is 6.17. The number of nitrogens with zero attached hydrogens (tertiary/aromatic N) is 3. The van der Waals surface area contributed by atoms with Crippen LogP contribution in [-0.2, 0) is 0 Å². The number of aryl methyl sites for hydroxylation is 1. The Balaban J connectivity index is 2.19. The molecule has 0 aliphatic rings. The lowest BCUT2D eigenvalue weighted by atomic mass is 10.2. The van der Waals surface area contributed by atoms with E-state index in [9.17, 15) is 4.39 Å². The summed E-state index contributed by atoms with van der Waals surface area (Å²) in [5, 5.41) is 0. The molecule has 0 atom stereocenters. The molecule has 0 saturated heterocycles. The van der Waals surface area contributed by atoms with Crippen molar-refractivity contribution in [3.05, 3.63) is 29.6 Å². The van der Waals surface area contributed by atoms with E-state index < -0.39 is 0 Å². The molecule has 0 unspecified atom stereocenters. The summed E-state index contributed by atoms with van der Waals surface area (Å²) in [6, 6.07) is 4.52. The molecular formula is C13H15FN4O2. The number of nitrogen functional groups attached to an aromatic ring is 1. The number of hydrogen-bond acceptors (Lipinski definition) is 6. The average molecular weight is 278 g/mol.